The van der Waals surface area contributed by atoms with Gasteiger partial charge < -0.3 is 4.74 Å². The number of carbonyl (C=O) groups is 1. The lowest BCUT2D eigenvalue weighted by Gasteiger charge is -2.19. The van der Waals surface area contributed by atoms with E-state index in [2.05, 4.69) is 4.74 Å². The zero-order chi connectivity index (χ0) is 12.6. The van der Waals surface area contributed by atoms with Crippen LogP contribution < -0.4 is 0 Å². The first-order chi connectivity index (χ1) is 7.21. The van der Waals surface area contributed by atoms with Gasteiger partial charge in [0, 0.05) is 6.85 Å². The van der Waals surface area contributed by atoms with Crippen molar-refractivity contribution in [2.24, 2.45) is 0 Å². The molecule has 0 amide bonds. The van der Waals surface area contributed by atoms with Crippen molar-refractivity contribution in [2.45, 2.75) is 25.7 Å². The molecule has 3 heteroatoms. The summed E-state index contributed by atoms with van der Waals surface area (Å²) in [6.07, 6.45) is 1.03. The van der Waals surface area contributed by atoms with Crippen molar-refractivity contribution in [3.05, 3.63) is 0 Å². The Hall–Kier alpha value is -0.570. The van der Waals surface area contributed by atoms with Gasteiger partial charge in [-0.15, -0.1) is 0 Å². The molecule has 0 aliphatic carbocycles. The molecule has 0 bridgehead atoms. The largest absolute Gasteiger partial charge is 0.468 e. The molecule has 1 aliphatic rings. The number of ether oxygens (including phenoxy) is 1. The molecule has 0 N–H and O–H groups in total. The maximum absolute atomic E-state index is 11.4. The van der Waals surface area contributed by atoms with Crippen LogP contribution in [0.2, 0.25) is 0 Å². The summed E-state index contributed by atoms with van der Waals surface area (Å²) in [5.41, 5.74) is 0. The lowest BCUT2D eigenvalue weighted by Crippen LogP contribution is -2.36. The van der Waals surface area contributed by atoms with Gasteiger partial charge in [0.15, 0.2) is 0 Å². The summed E-state index contributed by atoms with van der Waals surface area (Å²) in [5, 5.41) is 0. The van der Waals surface area contributed by atoms with Gasteiger partial charge in [0.05, 0.1) is 7.11 Å². The molecule has 1 unspecified atom stereocenters. The Morgan fingerprint density at radius 2 is 2.82 bits per heavy atom. The number of hydrogen-bond acceptors (Lipinski definition) is 3. The van der Waals surface area contributed by atoms with Crippen LogP contribution in [0, 0.1) is 0 Å². The van der Waals surface area contributed by atoms with Crippen LogP contribution in [-0.4, -0.2) is 37.1 Å². The average Bonchev–Trinajstić information content (AvgIpc) is 2.63. The molecule has 1 rings (SSSR count). The minimum atomic E-state index is -2.77. The number of nitrogens with zero attached hydrogens (tertiary/aromatic N) is 1. The summed E-state index contributed by atoms with van der Waals surface area (Å²) in [6.45, 7) is -5.02. The summed E-state index contributed by atoms with van der Waals surface area (Å²) in [6, 6.07) is -0.791. The van der Waals surface area contributed by atoms with Crippen LogP contribution in [0.5, 0.6) is 0 Å². The monoisotopic (exact) mass is 162 g/mol. The van der Waals surface area contributed by atoms with E-state index in [-0.39, 0.29) is 6.54 Å². The van der Waals surface area contributed by atoms with Crippen LogP contribution in [0.1, 0.15) is 26.5 Å². The van der Waals surface area contributed by atoms with Crippen LogP contribution in [-0.2, 0) is 9.53 Å². The number of hydrogen-bond donors (Lipinski definition) is 0. The first kappa shape index (κ1) is 3.90. The third-order valence-electron chi connectivity index (χ3n) is 1.87. The molecule has 0 saturated carbocycles. The molecule has 0 aromatic heterocycles. The molecule has 0 radical (unpaired) electrons. The average molecular weight is 162 g/mol. The smallest absolute Gasteiger partial charge is 0.323 e. The highest BCUT2D eigenvalue weighted by Crippen LogP contribution is 2.17. The Kier molecular flexibility index (Phi) is 1.32. The minimum absolute atomic E-state index is 0.255. The Balaban J connectivity index is 2.91. The van der Waals surface area contributed by atoms with Crippen LogP contribution in [0.4, 0.5) is 0 Å². The molecule has 1 aliphatic heterocycles. The Morgan fingerprint density at radius 1 is 2.00 bits per heavy atom. The van der Waals surface area contributed by atoms with Crippen LogP contribution in [0.3, 0.4) is 0 Å². The Morgan fingerprint density at radius 3 is 3.45 bits per heavy atom. The summed E-state index contributed by atoms with van der Waals surface area (Å²) in [7, 11) is 1.21. The van der Waals surface area contributed by atoms with Gasteiger partial charge >= 0.3 is 5.97 Å². The van der Waals surface area contributed by atoms with Gasteiger partial charge in [-0.05, 0) is 25.9 Å². The van der Waals surface area contributed by atoms with Gasteiger partial charge in [-0.2, -0.15) is 0 Å². The van der Waals surface area contributed by atoms with Crippen LogP contribution >= 0.6 is 0 Å². The van der Waals surface area contributed by atoms with Crippen molar-refractivity contribution in [1.29, 1.82) is 0 Å². The first-order valence-electron chi connectivity index (χ1n) is 6.06. The Labute approximate surface area is 74.3 Å². The van der Waals surface area contributed by atoms with E-state index in [1.165, 1.54) is 7.11 Å². The van der Waals surface area contributed by atoms with Gasteiger partial charge in [0.2, 0.25) is 0 Å². The van der Waals surface area contributed by atoms with Crippen molar-refractivity contribution >= 4 is 5.97 Å². The molecule has 1 saturated heterocycles. The summed E-state index contributed by atoms with van der Waals surface area (Å²) < 4.78 is 41.2. The topological polar surface area (TPSA) is 29.5 Å². The number of rotatable bonds is 2. The second kappa shape index (κ2) is 3.72. The normalized spacial score (nSPS) is 34.6. The van der Waals surface area contributed by atoms with Crippen molar-refractivity contribution in [3.8, 4) is 0 Å². The Bertz CT molecular complexity index is 278. The van der Waals surface area contributed by atoms with Crippen molar-refractivity contribution in [2.75, 3.05) is 20.2 Å². The molecule has 11 heavy (non-hydrogen) atoms. The van der Waals surface area contributed by atoms with E-state index in [9.17, 15) is 4.79 Å². The minimum Gasteiger partial charge on any atom is -0.468 e. The maximum atomic E-state index is 11.4. The van der Waals surface area contributed by atoms with E-state index < -0.39 is 25.4 Å². The van der Waals surface area contributed by atoms with Gasteiger partial charge in [-0.3, -0.25) is 9.69 Å². The first-order valence-corrected chi connectivity index (χ1v) is 3.56. The molecule has 0 spiro atoms. The molecule has 0 aromatic carbocycles. The van der Waals surface area contributed by atoms with E-state index in [0.717, 1.165) is 4.90 Å². The van der Waals surface area contributed by atoms with E-state index in [4.69, 9.17) is 6.85 Å². The fraction of sp³-hybridized carbons (Fsp3) is 0.875. The van der Waals surface area contributed by atoms with Crippen LogP contribution in [0.15, 0.2) is 0 Å². The standard InChI is InChI=1S/C8H15NO2/c1-3-9-6-4-5-7(9)8(10)11-2/h7H,3-6H2,1-2H3/i1D3,3D2. The third-order valence-corrected chi connectivity index (χ3v) is 1.87. The van der Waals surface area contributed by atoms with Gasteiger partial charge in [-0.1, -0.05) is 6.85 Å². The van der Waals surface area contributed by atoms with Crippen molar-refractivity contribution < 1.29 is 16.4 Å². The number of likely N-dealkylation sites (tertiary alicyclic amines) is 1. The lowest BCUT2D eigenvalue weighted by molar-refractivity contribution is -0.145. The molecule has 3 nitrogen and oxygen atoms in total. The quantitative estimate of drug-likeness (QED) is 0.558. The van der Waals surface area contributed by atoms with E-state index in [1.807, 2.05) is 0 Å². The third kappa shape index (κ3) is 1.71. The molecular formula is C8H15NO2. The SMILES string of the molecule is [2H]C([2H])([2H])C([2H])([2H])N1CCCC1C(=O)OC. The van der Waals surface area contributed by atoms with Crippen molar-refractivity contribution in [1.82, 2.24) is 4.90 Å². The highest BCUT2D eigenvalue weighted by molar-refractivity contribution is 5.75. The number of methoxy groups -OCH3 is 1. The second-order valence-electron chi connectivity index (χ2n) is 2.49. The maximum Gasteiger partial charge on any atom is 0.323 e. The number of esters is 1. The summed E-state index contributed by atoms with van der Waals surface area (Å²) >= 11 is 0. The molecule has 1 heterocycles. The predicted molar refractivity (Wildman–Crippen MR) is 42.3 cm³/mol. The van der Waals surface area contributed by atoms with Gasteiger partial charge in [0.25, 0.3) is 0 Å². The molecule has 1 fully saturated rings. The van der Waals surface area contributed by atoms with Crippen molar-refractivity contribution in [3.63, 3.8) is 0 Å². The number of carbonyl (C=O) groups excluding carboxylic acids is 1. The summed E-state index contributed by atoms with van der Waals surface area (Å²) in [4.78, 5) is 12.5. The highest BCUT2D eigenvalue weighted by atomic mass is 16.5. The zero-order valence-corrected chi connectivity index (χ0v) is 6.46. The zero-order valence-electron chi connectivity index (χ0n) is 11.5. The lowest BCUT2D eigenvalue weighted by atomic mass is 10.2. The fourth-order valence-corrected chi connectivity index (χ4v) is 1.28. The predicted octanol–water partition coefficient (Wildman–Crippen LogP) is 0.644. The van der Waals surface area contributed by atoms with E-state index in [0.29, 0.717) is 12.8 Å². The molecule has 0 aromatic rings. The van der Waals surface area contributed by atoms with E-state index in [1.54, 1.807) is 0 Å². The molecular weight excluding hydrogens is 142 g/mol. The molecule has 1 atom stereocenters. The highest BCUT2D eigenvalue weighted by Gasteiger charge is 2.29. The second-order valence-corrected chi connectivity index (χ2v) is 2.49. The van der Waals surface area contributed by atoms with Gasteiger partial charge in [0.1, 0.15) is 6.04 Å². The van der Waals surface area contributed by atoms with E-state index >= 15 is 0 Å². The summed E-state index contributed by atoms with van der Waals surface area (Å²) in [5.74, 6) is -0.578. The number of likely N-dealkylation sites (N-methyl/N-ethyl adjacent to an activating group) is 1. The molecule has 64 valence electrons. The fourth-order valence-electron chi connectivity index (χ4n) is 1.28. The van der Waals surface area contributed by atoms with Gasteiger partial charge in [-0.25, -0.2) is 0 Å². The van der Waals surface area contributed by atoms with Crippen LogP contribution in [0.25, 0.3) is 0 Å².